The van der Waals surface area contributed by atoms with Crippen LogP contribution >= 0.6 is 11.6 Å². The number of carbonyl (C=O) groups excluding carboxylic acids is 2. The maximum Gasteiger partial charge on any atom is 0.221 e. The molecule has 0 unspecified atom stereocenters. The van der Waals surface area contributed by atoms with Gasteiger partial charge in [-0.05, 0) is 31.0 Å². The van der Waals surface area contributed by atoms with Crippen molar-refractivity contribution in [2.45, 2.75) is 27.2 Å². The van der Waals surface area contributed by atoms with E-state index >= 15 is 0 Å². The number of nitrogens with one attached hydrogen (secondary N) is 1. The Labute approximate surface area is 99.8 Å². The third-order valence-electron chi connectivity index (χ3n) is 2.26. The third kappa shape index (κ3) is 2.83. The highest BCUT2D eigenvalue weighted by atomic mass is 35.5. The zero-order valence-corrected chi connectivity index (χ0v) is 10.3. The molecule has 1 aromatic rings. The average molecular weight is 240 g/mol. The fraction of sp³-hybridized carbons (Fsp3) is 0.333. The highest BCUT2D eigenvalue weighted by Crippen LogP contribution is 2.26. The summed E-state index contributed by atoms with van der Waals surface area (Å²) in [6.45, 7) is 4.82. The third-order valence-corrected chi connectivity index (χ3v) is 2.61. The van der Waals surface area contributed by atoms with Crippen molar-refractivity contribution in [3.63, 3.8) is 0 Å². The first-order valence-electron chi connectivity index (χ1n) is 5.06. The second-order valence-electron chi connectivity index (χ2n) is 3.58. The van der Waals surface area contributed by atoms with Crippen molar-refractivity contribution < 1.29 is 9.59 Å². The number of amides is 1. The van der Waals surface area contributed by atoms with Crippen molar-refractivity contribution >= 4 is 29.0 Å². The van der Waals surface area contributed by atoms with Crippen molar-refractivity contribution in [1.29, 1.82) is 0 Å². The molecule has 0 aliphatic carbocycles. The molecular formula is C12H14ClNO2. The van der Waals surface area contributed by atoms with Gasteiger partial charge in [-0.25, -0.2) is 0 Å². The van der Waals surface area contributed by atoms with Crippen LogP contribution < -0.4 is 5.32 Å². The molecule has 0 aliphatic heterocycles. The van der Waals surface area contributed by atoms with Gasteiger partial charge in [-0.2, -0.15) is 0 Å². The summed E-state index contributed by atoms with van der Waals surface area (Å²) in [6.07, 6.45) is 0.749. The summed E-state index contributed by atoms with van der Waals surface area (Å²) < 4.78 is 0. The van der Waals surface area contributed by atoms with E-state index in [1.54, 1.807) is 12.1 Å². The first-order valence-corrected chi connectivity index (χ1v) is 5.44. The van der Waals surface area contributed by atoms with E-state index in [4.69, 9.17) is 11.6 Å². The van der Waals surface area contributed by atoms with E-state index in [1.807, 2.05) is 6.92 Å². The highest BCUT2D eigenvalue weighted by Gasteiger charge is 2.12. The average Bonchev–Trinajstić information content (AvgIpc) is 2.16. The lowest BCUT2D eigenvalue weighted by Gasteiger charge is -2.11. The molecule has 0 saturated carbocycles. The molecule has 1 N–H and O–H groups in total. The maximum atomic E-state index is 11.4. The largest absolute Gasteiger partial charge is 0.326 e. The number of halogens is 1. The Bertz CT molecular complexity index is 441. The van der Waals surface area contributed by atoms with E-state index in [0.29, 0.717) is 16.3 Å². The van der Waals surface area contributed by atoms with Crippen LogP contribution in [0.2, 0.25) is 5.02 Å². The normalized spacial score (nSPS) is 10.0. The molecule has 1 amide bonds. The van der Waals surface area contributed by atoms with Gasteiger partial charge in [-0.15, -0.1) is 0 Å². The number of hydrogen-bond donors (Lipinski definition) is 1. The lowest BCUT2D eigenvalue weighted by molar-refractivity contribution is -0.114. The molecular weight excluding hydrogens is 226 g/mol. The number of carbonyl (C=O) groups is 2. The Morgan fingerprint density at radius 2 is 1.94 bits per heavy atom. The standard InChI is InChI=1S/C12H14ClNO2/c1-4-9-5-10(7(2)15)12(6-11(9)13)14-8(3)16/h5-6H,4H2,1-3H3,(H,14,16). The summed E-state index contributed by atoms with van der Waals surface area (Å²) in [5.41, 5.74) is 1.87. The van der Waals surface area contributed by atoms with E-state index in [9.17, 15) is 9.59 Å². The molecule has 3 nitrogen and oxygen atoms in total. The quantitative estimate of drug-likeness (QED) is 0.824. The Balaban J connectivity index is 3.30. The van der Waals surface area contributed by atoms with Gasteiger partial charge in [0.25, 0.3) is 0 Å². The molecule has 0 atom stereocenters. The Kier molecular flexibility index (Phi) is 4.07. The van der Waals surface area contributed by atoms with Gasteiger partial charge < -0.3 is 5.32 Å². The van der Waals surface area contributed by atoms with Crippen molar-refractivity contribution in [3.05, 3.63) is 28.3 Å². The highest BCUT2D eigenvalue weighted by molar-refractivity contribution is 6.32. The maximum absolute atomic E-state index is 11.4. The summed E-state index contributed by atoms with van der Waals surface area (Å²) in [5, 5.41) is 3.17. The van der Waals surface area contributed by atoms with E-state index in [2.05, 4.69) is 5.32 Å². The predicted octanol–water partition coefficient (Wildman–Crippen LogP) is 3.06. The second-order valence-corrected chi connectivity index (χ2v) is 3.99. The van der Waals surface area contributed by atoms with Crippen LogP contribution in [0.4, 0.5) is 5.69 Å². The molecule has 0 heterocycles. The van der Waals surface area contributed by atoms with Gasteiger partial charge >= 0.3 is 0 Å². The number of aryl methyl sites for hydroxylation is 1. The molecule has 0 bridgehead atoms. The SMILES string of the molecule is CCc1cc(C(C)=O)c(NC(C)=O)cc1Cl. The van der Waals surface area contributed by atoms with Gasteiger partial charge in [0.1, 0.15) is 0 Å². The van der Waals surface area contributed by atoms with Crippen LogP contribution in [0, 0.1) is 0 Å². The summed E-state index contributed by atoms with van der Waals surface area (Å²) in [5.74, 6) is -0.307. The van der Waals surface area contributed by atoms with E-state index < -0.39 is 0 Å². The van der Waals surface area contributed by atoms with Gasteiger partial charge in [0.2, 0.25) is 5.91 Å². The summed E-state index contributed by atoms with van der Waals surface area (Å²) in [7, 11) is 0. The van der Waals surface area contributed by atoms with Crippen molar-refractivity contribution in [2.24, 2.45) is 0 Å². The number of Topliss-reactive ketones (excluding diaryl/α,β-unsaturated/α-hetero) is 1. The summed E-state index contributed by atoms with van der Waals surface area (Å²) in [6, 6.07) is 3.36. The molecule has 0 fully saturated rings. The smallest absolute Gasteiger partial charge is 0.221 e. The van der Waals surface area contributed by atoms with E-state index in [-0.39, 0.29) is 11.7 Å². The fourth-order valence-electron chi connectivity index (χ4n) is 1.47. The second kappa shape index (κ2) is 5.12. The minimum absolute atomic E-state index is 0.0879. The number of anilines is 1. The predicted molar refractivity (Wildman–Crippen MR) is 65.1 cm³/mol. The number of rotatable bonds is 3. The van der Waals surface area contributed by atoms with Crippen LogP contribution in [0.25, 0.3) is 0 Å². The van der Waals surface area contributed by atoms with Gasteiger partial charge in [0.05, 0.1) is 5.69 Å². The number of benzene rings is 1. The number of hydrogen-bond acceptors (Lipinski definition) is 2. The molecule has 16 heavy (non-hydrogen) atoms. The Morgan fingerprint density at radius 3 is 2.38 bits per heavy atom. The van der Waals surface area contributed by atoms with Crippen molar-refractivity contribution in [3.8, 4) is 0 Å². The molecule has 0 spiro atoms. The van der Waals surface area contributed by atoms with Crippen LogP contribution in [-0.4, -0.2) is 11.7 Å². The fourth-order valence-corrected chi connectivity index (χ4v) is 1.77. The molecule has 0 radical (unpaired) electrons. The zero-order chi connectivity index (χ0) is 12.3. The summed E-state index contributed by atoms with van der Waals surface area (Å²) >= 11 is 6.03. The number of ketones is 1. The lowest BCUT2D eigenvalue weighted by atomic mass is 10.0. The molecule has 4 heteroatoms. The first kappa shape index (κ1) is 12.7. The first-order chi connectivity index (χ1) is 7.45. The Morgan fingerprint density at radius 1 is 1.31 bits per heavy atom. The van der Waals surface area contributed by atoms with Crippen LogP contribution in [0.5, 0.6) is 0 Å². The minimum Gasteiger partial charge on any atom is -0.326 e. The topological polar surface area (TPSA) is 46.2 Å². The van der Waals surface area contributed by atoms with E-state index in [0.717, 1.165) is 12.0 Å². The van der Waals surface area contributed by atoms with E-state index in [1.165, 1.54) is 13.8 Å². The van der Waals surface area contributed by atoms with Gasteiger partial charge in [-0.3, -0.25) is 9.59 Å². The van der Waals surface area contributed by atoms with Crippen LogP contribution in [0.1, 0.15) is 36.7 Å². The molecule has 86 valence electrons. The molecule has 0 aliphatic rings. The molecule has 0 saturated heterocycles. The van der Waals surface area contributed by atoms with Crippen LogP contribution in [0.15, 0.2) is 12.1 Å². The van der Waals surface area contributed by atoms with Crippen molar-refractivity contribution in [2.75, 3.05) is 5.32 Å². The van der Waals surface area contributed by atoms with Gasteiger partial charge in [0, 0.05) is 17.5 Å². The van der Waals surface area contributed by atoms with Gasteiger partial charge in [0.15, 0.2) is 5.78 Å². The molecule has 1 rings (SSSR count). The molecule has 1 aromatic carbocycles. The summed E-state index contributed by atoms with van der Waals surface area (Å²) in [4.78, 5) is 22.4. The monoisotopic (exact) mass is 239 g/mol. The lowest BCUT2D eigenvalue weighted by Crippen LogP contribution is -2.10. The minimum atomic E-state index is -0.220. The van der Waals surface area contributed by atoms with Gasteiger partial charge in [-0.1, -0.05) is 18.5 Å². The van der Waals surface area contributed by atoms with Crippen LogP contribution in [0.3, 0.4) is 0 Å². The van der Waals surface area contributed by atoms with Crippen LogP contribution in [-0.2, 0) is 11.2 Å². The Hall–Kier alpha value is -1.35. The zero-order valence-electron chi connectivity index (χ0n) is 9.56. The van der Waals surface area contributed by atoms with Crippen molar-refractivity contribution in [1.82, 2.24) is 0 Å². The molecule has 0 aromatic heterocycles.